The molecule has 30 heavy (non-hydrogen) atoms. The summed E-state index contributed by atoms with van der Waals surface area (Å²) < 4.78 is 5.94. The van der Waals surface area contributed by atoms with Crippen LogP contribution in [0.2, 0.25) is 0 Å². The first-order valence-electron chi connectivity index (χ1n) is 11.0. The molecule has 0 bridgehead atoms. The molecule has 1 atom stereocenters. The van der Waals surface area contributed by atoms with Crippen molar-refractivity contribution in [3.8, 4) is 5.75 Å². The molecular weight excluding hydrogens is 376 g/mol. The minimum atomic E-state index is -0.697. The lowest BCUT2D eigenvalue weighted by molar-refractivity contribution is -0.133. The van der Waals surface area contributed by atoms with E-state index in [1.807, 2.05) is 30.3 Å². The number of para-hydroxylation sites is 2. The van der Waals surface area contributed by atoms with Gasteiger partial charge >= 0.3 is 11.8 Å². The van der Waals surface area contributed by atoms with Crippen LogP contribution in [0.1, 0.15) is 57.1 Å². The van der Waals surface area contributed by atoms with Crippen molar-refractivity contribution in [2.24, 2.45) is 5.92 Å². The molecule has 0 heterocycles. The summed E-state index contributed by atoms with van der Waals surface area (Å²) >= 11 is 0. The molecule has 0 radical (unpaired) electrons. The summed E-state index contributed by atoms with van der Waals surface area (Å²) in [6.07, 6.45) is 7.78. The highest BCUT2D eigenvalue weighted by Gasteiger charge is 2.20. The molecule has 0 aromatic heterocycles. The van der Waals surface area contributed by atoms with Gasteiger partial charge in [-0.25, -0.2) is 0 Å². The minimum absolute atomic E-state index is 0.434. The summed E-state index contributed by atoms with van der Waals surface area (Å²) in [4.78, 5) is 25.0. The zero-order valence-electron chi connectivity index (χ0n) is 18.0. The van der Waals surface area contributed by atoms with Crippen LogP contribution in [0, 0.1) is 5.92 Å². The van der Waals surface area contributed by atoms with Crippen molar-refractivity contribution in [1.82, 2.24) is 0 Å². The zero-order chi connectivity index (χ0) is 21.3. The number of hydrogen-bond donors (Lipinski definition) is 2. The van der Waals surface area contributed by atoms with Gasteiger partial charge in [0.1, 0.15) is 5.75 Å². The number of ether oxygens (including phenoxy) is 1. The Hall–Kier alpha value is -2.82. The number of fused-ring (bicyclic) bond motifs is 1. The van der Waals surface area contributed by atoms with Gasteiger partial charge in [-0.3, -0.25) is 9.59 Å². The van der Waals surface area contributed by atoms with Gasteiger partial charge in [-0.1, -0.05) is 57.4 Å². The number of carbonyl (C=O) groups is 2. The van der Waals surface area contributed by atoms with Gasteiger partial charge in [-0.2, -0.15) is 0 Å². The second kappa shape index (κ2) is 10.8. The quantitative estimate of drug-likeness (QED) is 0.434. The van der Waals surface area contributed by atoms with Crippen LogP contribution in [-0.2, 0) is 22.4 Å². The normalized spacial score (nSPS) is 13.4. The second-order valence-electron chi connectivity index (χ2n) is 8.11. The topological polar surface area (TPSA) is 67.4 Å². The van der Waals surface area contributed by atoms with E-state index in [2.05, 4.69) is 30.5 Å². The number of unbranched alkanes of at least 4 members (excludes halogenated alkanes) is 2. The number of rotatable bonds is 9. The molecule has 2 N–H and O–H groups in total. The minimum Gasteiger partial charge on any atom is -0.491 e. The maximum atomic E-state index is 12.5. The first-order valence-corrected chi connectivity index (χ1v) is 11.0. The van der Waals surface area contributed by atoms with Crippen LogP contribution in [0.15, 0.2) is 42.5 Å². The molecule has 2 aromatic carbocycles. The lowest BCUT2D eigenvalue weighted by Gasteiger charge is -2.16. The molecular formula is C25H32N2O3. The average molecular weight is 409 g/mol. The van der Waals surface area contributed by atoms with E-state index in [1.165, 1.54) is 24.8 Å². The van der Waals surface area contributed by atoms with Crippen molar-refractivity contribution in [1.29, 1.82) is 0 Å². The van der Waals surface area contributed by atoms with Gasteiger partial charge in [-0.15, -0.1) is 0 Å². The van der Waals surface area contributed by atoms with Crippen molar-refractivity contribution in [2.45, 2.75) is 58.8 Å². The van der Waals surface area contributed by atoms with Gasteiger partial charge < -0.3 is 15.4 Å². The fraction of sp³-hybridized carbons (Fsp3) is 0.440. The van der Waals surface area contributed by atoms with E-state index in [1.54, 1.807) is 6.07 Å². The molecule has 2 amide bonds. The van der Waals surface area contributed by atoms with Crippen LogP contribution in [0.4, 0.5) is 11.4 Å². The second-order valence-corrected chi connectivity index (χ2v) is 8.11. The Labute approximate surface area is 179 Å². The Morgan fingerprint density at radius 2 is 1.70 bits per heavy atom. The molecule has 0 saturated carbocycles. The van der Waals surface area contributed by atoms with E-state index in [-0.39, 0.29) is 0 Å². The first-order chi connectivity index (χ1) is 14.6. The third-order valence-corrected chi connectivity index (χ3v) is 5.56. The molecule has 0 saturated heterocycles. The standard InChI is InChI=1S/C25H32N2O3/c1-3-4-5-10-18(2)17-30-23-16-7-6-14-22(23)27-25(29)24(28)26-21-15-9-12-19-11-8-13-20(19)21/h6-7,9,12,14-16,18H,3-5,8,10-11,13,17H2,1-2H3,(H,26,28)(H,27,29). The summed E-state index contributed by atoms with van der Waals surface area (Å²) in [6, 6.07) is 13.1. The van der Waals surface area contributed by atoms with Gasteiger partial charge in [0.25, 0.3) is 0 Å². The van der Waals surface area contributed by atoms with Crippen LogP contribution in [-0.4, -0.2) is 18.4 Å². The maximum absolute atomic E-state index is 12.5. The van der Waals surface area contributed by atoms with Crippen LogP contribution in [0.25, 0.3) is 0 Å². The Bertz CT molecular complexity index is 878. The zero-order valence-corrected chi connectivity index (χ0v) is 18.0. The Morgan fingerprint density at radius 1 is 0.967 bits per heavy atom. The number of aryl methyl sites for hydroxylation is 1. The molecule has 0 aliphatic heterocycles. The molecule has 0 spiro atoms. The number of amides is 2. The smallest absolute Gasteiger partial charge is 0.314 e. The number of carbonyl (C=O) groups excluding carboxylic acids is 2. The van der Waals surface area contributed by atoms with E-state index < -0.39 is 11.8 Å². The summed E-state index contributed by atoms with van der Waals surface area (Å²) in [6.45, 7) is 4.95. The van der Waals surface area contributed by atoms with E-state index >= 15 is 0 Å². The Balaban J connectivity index is 1.57. The third-order valence-electron chi connectivity index (χ3n) is 5.56. The maximum Gasteiger partial charge on any atom is 0.314 e. The number of benzene rings is 2. The monoisotopic (exact) mass is 408 g/mol. The van der Waals surface area contributed by atoms with E-state index in [4.69, 9.17) is 4.74 Å². The fourth-order valence-electron chi connectivity index (χ4n) is 3.85. The molecule has 1 unspecified atom stereocenters. The molecule has 5 heteroatoms. The van der Waals surface area contributed by atoms with Gasteiger partial charge in [-0.05, 0) is 60.9 Å². The summed E-state index contributed by atoms with van der Waals surface area (Å²) in [5.41, 5.74) is 3.63. The van der Waals surface area contributed by atoms with Crippen LogP contribution in [0.3, 0.4) is 0 Å². The average Bonchev–Trinajstić information content (AvgIpc) is 3.23. The molecule has 2 aromatic rings. The van der Waals surface area contributed by atoms with Gasteiger partial charge in [0, 0.05) is 5.69 Å². The van der Waals surface area contributed by atoms with Crippen molar-refractivity contribution in [2.75, 3.05) is 17.2 Å². The molecule has 160 valence electrons. The van der Waals surface area contributed by atoms with Gasteiger partial charge in [0.05, 0.1) is 12.3 Å². The van der Waals surface area contributed by atoms with E-state index in [9.17, 15) is 9.59 Å². The van der Waals surface area contributed by atoms with Crippen molar-refractivity contribution in [3.63, 3.8) is 0 Å². The summed E-state index contributed by atoms with van der Waals surface area (Å²) in [5, 5.41) is 5.47. The largest absolute Gasteiger partial charge is 0.491 e. The predicted molar refractivity (Wildman–Crippen MR) is 121 cm³/mol. The van der Waals surface area contributed by atoms with Crippen LogP contribution >= 0.6 is 0 Å². The van der Waals surface area contributed by atoms with E-state index in [0.717, 1.165) is 36.9 Å². The molecule has 5 nitrogen and oxygen atoms in total. The third kappa shape index (κ3) is 5.85. The molecule has 1 aliphatic carbocycles. The van der Waals surface area contributed by atoms with E-state index in [0.29, 0.717) is 24.0 Å². The number of anilines is 2. The van der Waals surface area contributed by atoms with Crippen molar-refractivity contribution >= 4 is 23.2 Å². The molecule has 1 aliphatic rings. The number of hydrogen-bond acceptors (Lipinski definition) is 3. The van der Waals surface area contributed by atoms with Crippen molar-refractivity contribution < 1.29 is 14.3 Å². The van der Waals surface area contributed by atoms with Crippen LogP contribution < -0.4 is 15.4 Å². The number of nitrogens with one attached hydrogen (secondary N) is 2. The van der Waals surface area contributed by atoms with Gasteiger partial charge in [0.2, 0.25) is 0 Å². The summed E-state index contributed by atoms with van der Waals surface area (Å²) in [5.74, 6) is -0.346. The highest BCUT2D eigenvalue weighted by Crippen LogP contribution is 2.29. The SMILES string of the molecule is CCCCCC(C)COc1ccccc1NC(=O)C(=O)Nc1cccc2c1CCC2. The summed E-state index contributed by atoms with van der Waals surface area (Å²) in [7, 11) is 0. The predicted octanol–water partition coefficient (Wildman–Crippen LogP) is 5.35. The fourth-order valence-corrected chi connectivity index (χ4v) is 3.85. The Kier molecular flexibility index (Phi) is 7.89. The first kappa shape index (κ1) is 21.9. The highest BCUT2D eigenvalue weighted by atomic mass is 16.5. The Morgan fingerprint density at radius 3 is 2.50 bits per heavy atom. The lowest BCUT2D eigenvalue weighted by atomic mass is 10.0. The lowest BCUT2D eigenvalue weighted by Crippen LogP contribution is -2.29. The van der Waals surface area contributed by atoms with Gasteiger partial charge in [0.15, 0.2) is 0 Å². The molecule has 3 rings (SSSR count). The molecule has 0 fully saturated rings. The van der Waals surface area contributed by atoms with Crippen molar-refractivity contribution in [3.05, 3.63) is 53.6 Å². The highest BCUT2D eigenvalue weighted by molar-refractivity contribution is 6.43. The van der Waals surface area contributed by atoms with Crippen LogP contribution in [0.5, 0.6) is 5.75 Å².